The number of likely N-dealkylation sites (tertiary alicyclic amines) is 1. The first-order valence-electron chi connectivity index (χ1n) is 11.4. The Labute approximate surface area is 190 Å². The predicted molar refractivity (Wildman–Crippen MR) is 126 cm³/mol. The van der Waals surface area contributed by atoms with Gasteiger partial charge in [-0.3, -0.25) is 9.59 Å². The number of hydrogen-bond acceptors (Lipinski definition) is 4. The normalized spacial score (nSPS) is 19.8. The summed E-state index contributed by atoms with van der Waals surface area (Å²) < 4.78 is 5.64. The van der Waals surface area contributed by atoms with E-state index in [2.05, 4.69) is 17.0 Å². The average Bonchev–Trinajstić information content (AvgIpc) is 3.32. The summed E-state index contributed by atoms with van der Waals surface area (Å²) in [6.45, 7) is 7.47. The number of carbonyl (C=O) groups excluding carboxylic acids is 2. The number of hydrogen-bond donors (Lipinski definition) is 1. The van der Waals surface area contributed by atoms with E-state index in [0.717, 1.165) is 67.1 Å². The molecule has 2 aliphatic heterocycles. The molecule has 4 rings (SSSR count). The standard InChI is InChI=1S/C26H33N3O3/c1-17-6-4-7-18(2)25(17)26(31)29-15-20-13-28(14-21(20)16-29)22-12-19(8-5-9-24(27)30)10-11-23(22)32-3/h4,6-7,10-12,20-21H,5,8-9,13-16H2,1-3H3,(H2,27,30). The summed E-state index contributed by atoms with van der Waals surface area (Å²) in [4.78, 5) is 28.7. The van der Waals surface area contributed by atoms with Gasteiger partial charge in [0.1, 0.15) is 5.75 Å². The van der Waals surface area contributed by atoms with Crippen LogP contribution in [0, 0.1) is 25.7 Å². The monoisotopic (exact) mass is 435 g/mol. The van der Waals surface area contributed by atoms with Crippen molar-refractivity contribution >= 4 is 17.5 Å². The topological polar surface area (TPSA) is 75.9 Å². The van der Waals surface area contributed by atoms with Crippen molar-refractivity contribution in [2.24, 2.45) is 17.6 Å². The maximum atomic E-state index is 13.2. The van der Waals surface area contributed by atoms with E-state index in [-0.39, 0.29) is 11.8 Å². The quantitative estimate of drug-likeness (QED) is 0.724. The Morgan fingerprint density at radius 1 is 1.03 bits per heavy atom. The minimum Gasteiger partial charge on any atom is -0.495 e. The van der Waals surface area contributed by atoms with E-state index in [4.69, 9.17) is 10.5 Å². The first kappa shape index (κ1) is 22.2. The zero-order chi connectivity index (χ0) is 22.8. The zero-order valence-electron chi connectivity index (χ0n) is 19.3. The van der Waals surface area contributed by atoms with Gasteiger partial charge in [0, 0.05) is 50.0 Å². The largest absolute Gasteiger partial charge is 0.495 e. The molecule has 0 bridgehead atoms. The Morgan fingerprint density at radius 2 is 1.69 bits per heavy atom. The van der Waals surface area contributed by atoms with Gasteiger partial charge in [-0.2, -0.15) is 0 Å². The molecule has 6 nitrogen and oxygen atoms in total. The van der Waals surface area contributed by atoms with Crippen LogP contribution in [0.25, 0.3) is 0 Å². The third-order valence-electron chi connectivity index (χ3n) is 6.94. The Hall–Kier alpha value is -3.02. The van der Waals surface area contributed by atoms with Crippen LogP contribution in [-0.2, 0) is 11.2 Å². The van der Waals surface area contributed by atoms with Crippen molar-refractivity contribution in [1.82, 2.24) is 4.90 Å². The van der Waals surface area contributed by atoms with E-state index < -0.39 is 0 Å². The third-order valence-corrected chi connectivity index (χ3v) is 6.94. The fraction of sp³-hybridized carbons (Fsp3) is 0.462. The number of amides is 2. The number of ether oxygens (including phenoxy) is 1. The Kier molecular flexibility index (Phi) is 6.40. The Bertz CT molecular complexity index is 985. The van der Waals surface area contributed by atoms with Crippen molar-refractivity contribution in [2.75, 3.05) is 38.2 Å². The van der Waals surface area contributed by atoms with Gasteiger partial charge in [-0.05, 0) is 55.5 Å². The number of fused-ring (bicyclic) bond motifs is 1. The Balaban J connectivity index is 1.44. The highest BCUT2D eigenvalue weighted by Crippen LogP contribution is 2.39. The third kappa shape index (κ3) is 4.45. The molecule has 2 unspecified atom stereocenters. The Morgan fingerprint density at radius 3 is 2.28 bits per heavy atom. The van der Waals surface area contributed by atoms with Crippen LogP contribution >= 0.6 is 0 Å². The fourth-order valence-corrected chi connectivity index (χ4v) is 5.27. The van der Waals surface area contributed by atoms with E-state index >= 15 is 0 Å². The van der Waals surface area contributed by atoms with Crippen LogP contribution in [0.15, 0.2) is 36.4 Å². The number of primary amides is 1. The van der Waals surface area contributed by atoms with E-state index in [1.165, 1.54) is 5.56 Å². The number of nitrogens with two attached hydrogens (primary N) is 1. The molecule has 2 N–H and O–H groups in total. The second-order valence-electron chi connectivity index (χ2n) is 9.23. The smallest absolute Gasteiger partial charge is 0.254 e. The second-order valence-corrected chi connectivity index (χ2v) is 9.23. The highest BCUT2D eigenvalue weighted by Gasteiger charge is 2.42. The molecule has 6 heteroatoms. The summed E-state index contributed by atoms with van der Waals surface area (Å²) in [5, 5.41) is 0. The van der Waals surface area contributed by atoms with Crippen molar-refractivity contribution in [3.05, 3.63) is 58.7 Å². The number of carbonyl (C=O) groups is 2. The minimum atomic E-state index is -0.258. The molecule has 0 saturated carbocycles. The number of methoxy groups -OCH3 is 1. The van der Waals surface area contributed by atoms with Crippen LogP contribution in [0.1, 0.15) is 39.9 Å². The first-order valence-corrected chi connectivity index (χ1v) is 11.4. The number of anilines is 1. The molecule has 2 amide bonds. The molecule has 2 aliphatic rings. The molecule has 0 radical (unpaired) electrons. The average molecular weight is 436 g/mol. The minimum absolute atomic E-state index is 0.163. The molecular weight excluding hydrogens is 402 g/mol. The van der Waals surface area contributed by atoms with Gasteiger partial charge in [-0.15, -0.1) is 0 Å². The molecule has 0 aliphatic carbocycles. The molecule has 0 aromatic heterocycles. The lowest BCUT2D eigenvalue weighted by Gasteiger charge is -2.26. The van der Waals surface area contributed by atoms with Gasteiger partial charge in [0.15, 0.2) is 0 Å². The van der Waals surface area contributed by atoms with Crippen LogP contribution < -0.4 is 15.4 Å². The van der Waals surface area contributed by atoms with Crippen molar-refractivity contribution in [1.29, 1.82) is 0 Å². The molecule has 2 heterocycles. The maximum absolute atomic E-state index is 13.2. The molecular formula is C26H33N3O3. The predicted octanol–water partition coefficient (Wildman–Crippen LogP) is 3.33. The zero-order valence-corrected chi connectivity index (χ0v) is 19.3. The lowest BCUT2D eigenvalue weighted by atomic mass is 10.0. The summed E-state index contributed by atoms with van der Waals surface area (Å²) in [7, 11) is 1.70. The van der Waals surface area contributed by atoms with Gasteiger partial charge in [0.2, 0.25) is 5.91 Å². The number of aryl methyl sites for hydroxylation is 3. The number of benzene rings is 2. The molecule has 32 heavy (non-hydrogen) atoms. The van der Waals surface area contributed by atoms with Crippen LogP contribution in [0.4, 0.5) is 5.69 Å². The van der Waals surface area contributed by atoms with Crippen LogP contribution in [-0.4, -0.2) is 50.0 Å². The summed E-state index contributed by atoms with van der Waals surface area (Å²) in [6, 6.07) is 12.3. The van der Waals surface area contributed by atoms with E-state index in [9.17, 15) is 9.59 Å². The maximum Gasteiger partial charge on any atom is 0.254 e. The van der Waals surface area contributed by atoms with Gasteiger partial charge in [0.25, 0.3) is 5.91 Å². The molecule has 2 aromatic rings. The van der Waals surface area contributed by atoms with Crippen molar-refractivity contribution < 1.29 is 14.3 Å². The van der Waals surface area contributed by atoms with Gasteiger partial charge in [-0.1, -0.05) is 24.3 Å². The summed E-state index contributed by atoms with van der Waals surface area (Å²) in [5.74, 6) is 1.70. The summed E-state index contributed by atoms with van der Waals surface area (Å²) >= 11 is 0. The SMILES string of the molecule is COc1ccc(CCCC(N)=O)cc1N1CC2CN(C(=O)c3c(C)cccc3C)CC2C1. The van der Waals surface area contributed by atoms with Gasteiger partial charge in [0.05, 0.1) is 12.8 Å². The van der Waals surface area contributed by atoms with Gasteiger partial charge < -0.3 is 20.3 Å². The number of nitrogens with zero attached hydrogens (tertiary/aromatic N) is 2. The molecule has 2 fully saturated rings. The van der Waals surface area contributed by atoms with Crippen molar-refractivity contribution in [3.8, 4) is 5.75 Å². The molecule has 2 saturated heterocycles. The lowest BCUT2D eigenvalue weighted by molar-refractivity contribution is -0.118. The van der Waals surface area contributed by atoms with Crippen LogP contribution in [0.5, 0.6) is 5.75 Å². The van der Waals surface area contributed by atoms with Crippen molar-refractivity contribution in [3.63, 3.8) is 0 Å². The molecule has 2 atom stereocenters. The van der Waals surface area contributed by atoms with Crippen LogP contribution in [0.3, 0.4) is 0 Å². The summed E-state index contributed by atoms with van der Waals surface area (Å²) in [6.07, 6.45) is 1.97. The number of rotatable bonds is 7. The summed E-state index contributed by atoms with van der Waals surface area (Å²) in [5.41, 5.74) is 10.5. The lowest BCUT2D eigenvalue weighted by Crippen LogP contribution is -2.34. The highest BCUT2D eigenvalue weighted by molar-refractivity contribution is 5.97. The second kappa shape index (κ2) is 9.23. The molecule has 2 aromatic carbocycles. The van der Waals surface area contributed by atoms with Gasteiger partial charge in [-0.25, -0.2) is 0 Å². The van der Waals surface area contributed by atoms with E-state index in [0.29, 0.717) is 18.3 Å². The molecule has 170 valence electrons. The molecule has 0 spiro atoms. The van der Waals surface area contributed by atoms with Crippen LogP contribution in [0.2, 0.25) is 0 Å². The van der Waals surface area contributed by atoms with Gasteiger partial charge >= 0.3 is 0 Å². The fourth-order valence-electron chi connectivity index (χ4n) is 5.27. The van der Waals surface area contributed by atoms with E-state index in [1.54, 1.807) is 7.11 Å². The van der Waals surface area contributed by atoms with Crippen molar-refractivity contribution in [2.45, 2.75) is 33.1 Å². The first-order chi connectivity index (χ1) is 15.4. The van der Waals surface area contributed by atoms with E-state index in [1.807, 2.05) is 43.0 Å². The highest BCUT2D eigenvalue weighted by atomic mass is 16.5.